The fourth-order valence-corrected chi connectivity index (χ4v) is 1.93. The quantitative estimate of drug-likeness (QED) is 0.613. The number of hydrogen-bond acceptors (Lipinski definition) is 3. The maximum absolute atomic E-state index is 10.7. The maximum atomic E-state index is 10.7. The van der Waals surface area contributed by atoms with Crippen LogP contribution in [-0.4, -0.2) is 34.4 Å². The Hall–Kier alpha value is -0.610. The summed E-state index contributed by atoms with van der Waals surface area (Å²) in [6.07, 6.45) is 4.21. The smallest absolute Gasteiger partial charge is 0.320 e. The van der Waals surface area contributed by atoms with Crippen LogP contribution in [0.1, 0.15) is 39.0 Å². The van der Waals surface area contributed by atoms with E-state index in [-0.39, 0.29) is 0 Å². The highest BCUT2D eigenvalue weighted by molar-refractivity contribution is 5.73. The van der Waals surface area contributed by atoms with Crippen molar-refractivity contribution in [2.45, 2.75) is 50.7 Å². The summed E-state index contributed by atoms with van der Waals surface area (Å²) in [6.45, 7) is 2.22. The fraction of sp³-hybridized carbons (Fsp3) is 0.900. The van der Waals surface area contributed by atoms with Gasteiger partial charge in [0.05, 0.1) is 5.60 Å². The highest BCUT2D eigenvalue weighted by atomic mass is 16.4. The van der Waals surface area contributed by atoms with Crippen LogP contribution < -0.4 is 5.32 Å². The zero-order valence-corrected chi connectivity index (χ0v) is 8.62. The van der Waals surface area contributed by atoms with E-state index in [2.05, 4.69) is 5.32 Å². The molecule has 82 valence electrons. The number of aliphatic carboxylic acids is 1. The Balaban J connectivity index is 2.34. The van der Waals surface area contributed by atoms with Crippen LogP contribution >= 0.6 is 0 Å². The summed E-state index contributed by atoms with van der Waals surface area (Å²) in [7, 11) is 0. The zero-order valence-electron chi connectivity index (χ0n) is 8.62. The molecule has 4 nitrogen and oxygen atoms in total. The minimum absolute atomic E-state index is 0.401. The van der Waals surface area contributed by atoms with Gasteiger partial charge in [0.15, 0.2) is 0 Å². The maximum Gasteiger partial charge on any atom is 0.320 e. The molecule has 1 saturated carbocycles. The number of hydrogen-bond donors (Lipinski definition) is 3. The average molecular weight is 201 g/mol. The molecule has 0 saturated heterocycles. The predicted octanol–water partition coefficient (Wildman–Crippen LogP) is 0.744. The van der Waals surface area contributed by atoms with Crippen molar-refractivity contribution in [3.05, 3.63) is 0 Å². The summed E-state index contributed by atoms with van der Waals surface area (Å²) in [6, 6.07) is -0.528. The van der Waals surface area contributed by atoms with Gasteiger partial charge in [-0.1, -0.05) is 19.8 Å². The SMILES string of the molecule is CCC(NCC1(O)CCCC1)C(=O)O. The fourth-order valence-electron chi connectivity index (χ4n) is 1.93. The molecule has 1 atom stereocenters. The molecule has 1 aliphatic carbocycles. The lowest BCUT2D eigenvalue weighted by atomic mass is 10.0. The van der Waals surface area contributed by atoms with E-state index in [1.165, 1.54) is 0 Å². The molecule has 0 aromatic rings. The van der Waals surface area contributed by atoms with Crippen LogP contribution in [0.15, 0.2) is 0 Å². The van der Waals surface area contributed by atoms with Gasteiger partial charge in [-0.05, 0) is 19.3 Å². The lowest BCUT2D eigenvalue weighted by Gasteiger charge is -2.24. The van der Waals surface area contributed by atoms with E-state index in [4.69, 9.17) is 5.11 Å². The van der Waals surface area contributed by atoms with E-state index in [1.807, 2.05) is 6.92 Å². The summed E-state index contributed by atoms with van der Waals surface area (Å²) < 4.78 is 0. The number of carboxylic acids is 1. The third kappa shape index (κ3) is 2.96. The van der Waals surface area contributed by atoms with Gasteiger partial charge in [0.1, 0.15) is 6.04 Å². The Bertz CT molecular complexity index is 200. The van der Waals surface area contributed by atoms with E-state index in [0.717, 1.165) is 25.7 Å². The Morgan fingerprint density at radius 2 is 2.07 bits per heavy atom. The summed E-state index contributed by atoms with van der Waals surface area (Å²) in [5, 5.41) is 21.7. The molecule has 0 aromatic carbocycles. The summed E-state index contributed by atoms with van der Waals surface area (Å²) in [5.41, 5.74) is -0.664. The van der Waals surface area contributed by atoms with E-state index >= 15 is 0 Å². The molecule has 0 bridgehead atoms. The first-order chi connectivity index (χ1) is 6.57. The van der Waals surface area contributed by atoms with Crippen molar-refractivity contribution >= 4 is 5.97 Å². The summed E-state index contributed by atoms with van der Waals surface area (Å²) >= 11 is 0. The van der Waals surface area contributed by atoms with Crippen LogP contribution in [0.2, 0.25) is 0 Å². The number of carbonyl (C=O) groups is 1. The lowest BCUT2D eigenvalue weighted by Crippen LogP contribution is -2.45. The highest BCUT2D eigenvalue weighted by Gasteiger charge is 2.31. The molecule has 0 aliphatic heterocycles. The molecule has 1 rings (SSSR count). The van der Waals surface area contributed by atoms with Crippen LogP contribution in [0.5, 0.6) is 0 Å². The molecule has 14 heavy (non-hydrogen) atoms. The normalized spacial score (nSPS) is 22.1. The van der Waals surface area contributed by atoms with Gasteiger partial charge in [-0.25, -0.2) is 0 Å². The monoisotopic (exact) mass is 201 g/mol. The van der Waals surface area contributed by atoms with E-state index < -0.39 is 17.6 Å². The topological polar surface area (TPSA) is 69.6 Å². The molecule has 1 fully saturated rings. The second-order valence-electron chi connectivity index (χ2n) is 4.11. The molecular formula is C10H19NO3. The van der Waals surface area contributed by atoms with Crippen LogP contribution in [0, 0.1) is 0 Å². The number of carboxylic acid groups (broad SMARTS) is 1. The Kier molecular flexibility index (Phi) is 3.89. The van der Waals surface area contributed by atoms with Crippen LogP contribution in [0.25, 0.3) is 0 Å². The van der Waals surface area contributed by atoms with Gasteiger partial charge in [0.2, 0.25) is 0 Å². The second kappa shape index (κ2) is 4.75. The number of rotatable bonds is 5. The Labute approximate surface area is 84.3 Å². The molecule has 0 amide bonds. The van der Waals surface area contributed by atoms with Gasteiger partial charge in [0.25, 0.3) is 0 Å². The van der Waals surface area contributed by atoms with Crippen molar-refractivity contribution in [3.8, 4) is 0 Å². The predicted molar refractivity (Wildman–Crippen MR) is 53.1 cm³/mol. The lowest BCUT2D eigenvalue weighted by molar-refractivity contribution is -0.139. The molecule has 0 radical (unpaired) electrons. The summed E-state index contributed by atoms with van der Waals surface area (Å²) in [4.78, 5) is 10.7. The van der Waals surface area contributed by atoms with E-state index in [9.17, 15) is 9.90 Å². The third-order valence-electron chi connectivity index (χ3n) is 2.92. The zero-order chi connectivity index (χ0) is 10.6. The standard InChI is InChI=1S/C10H19NO3/c1-2-8(9(12)13)11-7-10(14)5-3-4-6-10/h8,11,14H,2-7H2,1H3,(H,12,13). The second-order valence-corrected chi connectivity index (χ2v) is 4.11. The minimum Gasteiger partial charge on any atom is -0.480 e. The Morgan fingerprint density at radius 3 is 2.50 bits per heavy atom. The van der Waals surface area contributed by atoms with Crippen LogP contribution in [0.3, 0.4) is 0 Å². The molecular weight excluding hydrogens is 182 g/mol. The first-order valence-electron chi connectivity index (χ1n) is 5.26. The van der Waals surface area contributed by atoms with Gasteiger partial charge in [-0.15, -0.1) is 0 Å². The van der Waals surface area contributed by atoms with Gasteiger partial charge in [0, 0.05) is 6.54 Å². The van der Waals surface area contributed by atoms with Crippen molar-refractivity contribution in [3.63, 3.8) is 0 Å². The highest BCUT2D eigenvalue weighted by Crippen LogP contribution is 2.28. The molecule has 1 aliphatic rings. The first kappa shape index (κ1) is 11.5. The van der Waals surface area contributed by atoms with Crippen molar-refractivity contribution in [2.75, 3.05) is 6.54 Å². The van der Waals surface area contributed by atoms with Crippen molar-refractivity contribution < 1.29 is 15.0 Å². The minimum atomic E-state index is -0.839. The molecule has 4 heteroatoms. The van der Waals surface area contributed by atoms with Crippen molar-refractivity contribution in [1.29, 1.82) is 0 Å². The molecule has 0 aromatic heterocycles. The molecule has 3 N–H and O–H groups in total. The van der Waals surface area contributed by atoms with Crippen LogP contribution in [0.4, 0.5) is 0 Å². The largest absolute Gasteiger partial charge is 0.480 e. The Morgan fingerprint density at radius 1 is 1.50 bits per heavy atom. The number of aliphatic hydroxyl groups is 1. The van der Waals surface area contributed by atoms with E-state index in [1.54, 1.807) is 0 Å². The van der Waals surface area contributed by atoms with Gasteiger partial charge in [-0.2, -0.15) is 0 Å². The number of nitrogens with one attached hydrogen (secondary N) is 1. The third-order valence-corrected chi connectivity index (χ3v) is 2.92. The van der Waals surface area contributed by atoms with E-state index in [0.29, 0.717) is 13.0 Å². The molecule has 1 unspecified atom stereocenters. The van der Waals surface area contributed by atoms with Crippen LogP contribution in [-0.2, 0) is 4.79 Å². The first-order valence-corrected chi connectivity index (χ1v) is 5.26. The van der Waals surface area contributed by atoms with Gasteiger partial charge in [-0.3, -0.25) is 4.79 Å². The molecule has 0 heterocycles. The molecule has 0 spiro atoms. The van der Waals surface area contributed by atoms with Crippen molar-refractivity contribution in [1.82, 2.24) is 5.32 Å². The summed E-state index contributed by atoms with van der Waals surface area (Å²) in [5.74, 6) is -0.839. The van der Waals surface area contributed by atoms with Gasteiger partial charge >= 0.3 is 5.97 Å². The van der Waals surface area contributed by atoms with Crippen molar-refractivity contribution in [2.24, 2.45) is 0 Å². The van der Waals surface area contributed by atoms with Gasteiger partial charge < -0.3 is 15.5 Å². The average Bonchev–Trinajstić information content (AvgIpc) is 2.53.